The van der Waals surface area contributed by atoms with Crippen molar-refractivity contribution >= 4 is 15.9 Å². The molecule has 0 saturated heterocycles. The minimum absolute atomic E-state index is 0.458. The lowest BCUT2D eigenvalue weighted by atomic mass is 9.93. The molecule has 2 aromatic rings. The van der Waals surface area contributed by atoms with E-state index in [2.05, 4.69) is 63.7 Å². The lowest BCUT2D eigenvalue weighted by Gasteiger charge is -2.18. The van der Waals surface area contributed by atoms with Crippen LogP contribution >= 0.6 is 15.9 Å². The predicted molar refractivity (Wildman–Crippen MR) is 82.3 cm³/mol. The normalized spacial score (nSPS) is 12.6. The van der Waals surface area contributed by atoms with Gasteiger partial charge in [0.1, 0.15) is 0 Å². The van der Waals surface area contributed by atoms with E-state index in [1.54, 1.807) is 0 Å². The summed E-state index contributed by atoms with van der Waals surface area (Å²) in [5.74, 6) is 0.458. The van der Waals surface area contributed by atoms with Crippen LogP contribution in [-0.4, -0.2) is 22.9 Å². The molecule has 4 heteroatoms. The summed E-state index contributed by atoms with van der Waals surface area (Å²) in [5, 5.41) is 7.70. The number of halogens is 1. The molecule has 1 N–H and O–H groups in total. The lowest BCUT2D eigenvalue weighted by molar-refractivity contribution is 0.593. The van der Waals surface area contributed by atoms with Crippen LogP contribution in [0.1, 0.15) is 24.0 Å². The zero-order valence-corrected chi connectivity index (χ0v) is 13.0. The van der Waals surface area contributed by atoms with Crippen LogP contribution in [0.5, 0.6) is 0 Å². The molecule has 0 saturated carbocycles. The highest BCUT2D eigenvalue weighted by atomic mass is 79.9. The Balaban J connectivity index is 2.18. The molecular weight excluding hydrogens is 302 g/mol. The molecule has 102 valence electrons. The number of aromatic nitrogens is 2. The van der Waals surface area contributed by atoms with Gasteiger partial charge in [-0.3, -0.25) is 4.68 Å². The summed E-state index contributed by atoms with van der Waals surface area (Å²) in [4.78, 5) is 0. The second kappa shape index (κ2) is 6.87. The van der Waals surface area contributed by atoms with E-state index in [-0.39, 0.29) is 0 Å². The summed E-state index contributed by atoms with van der Waals surface area (Å²) in [6.07, 6.45) is 5.05. The van der Waals surface area contributed by atoms with Gasteiger partial charge in [-0.1, -0.05) is 41.1 Å². The van der Waals surface area contributed by atoms with Gasteiger partial charge in [0.15, 0.2) is 0 Å². The standard InChI is InChI=1S/C15H20BrN3/c1-3-17-10-13(8-12-9-18-19(2)11-12)14-6-4-5-7-15(14)16/h4-7,9,11,13,17H,3,8,10H2,1-2H3. The Kier molecular flexibility index (Phi) is 5.16. The molecule has 0 radical (unpaired) electrons. The van der Waals surface area contributed by atoms with E-state index >= 15 is 0 Å². The van der Waals surface area contributed by atoms with Crippen LogP contribution in [0.3, 0.4) is 0 Å². The maximum absolute atomic E-state index is 4.25. The Morgan fingerprint density at radius 3 is 2.79 bits per heavy atom. The van der Waals surface area contributed by atoms with Gasteiger partial charge in [0, 0.05) is 30.2 Å². The largest absolute Gasteiger partial charge is 0.316 e. The highest BCUT2D eigenvalue weighted by Crippen LogP contribution is 2.27. The molecule has 1 atom stereocenters. The van der Waals surface area contributed by atoms with Crippen LogP contribution in [0.25, 0.3) is 0 Å². The number of hydrogen-bond donors (Lipinski definition) is 1. The molecule has 0 fully saturated rings. The number of likely N-dealkylation sites (N-methyl/N-ethyl adjacent to an activating group) is 1. The van der Waals surface area contributed by atoms with Gasteiger partial charge in [-0.05, 0) is 30.2 Å². The van der Waals surface area contributed by atoms with E-state index in [9.17, 15) is 0 Å². The van der Waals surface area contributed by atoms with Gasteiger partial charge in [-0.15, -0.1) is 0 Å². The molecule has 0 aliphatic heterocycles. The van der Waals surface area contributed by atoms with Crippen molar-refractivity contribution in [1.82, 2.24) is 15.1 Å². The molecule has 19 heavy (non-hydrogen) atoms. The molecule has 1 heterocycles. The second-order valence-corrected chi connectivity index (χ2v) is 5.61. The fourth-order valence-electron chi connectivity index (χ4n) is 2.28. The Hall–Kier alpha value is -1.13. The third-order valence-corrected chi connectivity index (χ3v) is 3.95. The van der Waals surface area contributed by atoms with E-state index in [1.807, 2.05) is 17.9 Å². The summed E-state index contributed by atoms with van der Waals surface area (Å²) < 4.78 is 3.04. The summed E-state index contributed by atoms with van der Waals surface area (Å²) in [7, 11) is 1.96. The summed E-state index contributed by atoms with van der Waals surface area (Å²) in [6.45, 7) is 4.11. The van der Waals surface area contributed by atoms with Crippen LogP contribution in [0.4, 0.5) is 0 Å². The Morgan fingerprint density at radius 2 is 2.16 bits per heavy atom. The lowest BCUT2D eigenvalue weighted by Crippen LogP contribution is -2.22. The van der Waals surface area contributed by atoms with E-state index < -0.39 is 0 Å². The van der Waals surface area contributed by atoms with Crippen molar-refractivity contribution in [2.75, 3.05) is 13.1 Å². The van der Waals surface area contributed by atoms with Crippen molar-refractivity contribution in [3.05, 3.63) is 52.3 Å². The third kappa shape index (κ3) is 3.91. The zero-order chi connectivity index (χ0) is 13.7. The fraction of sp³-hybridized carbons (Fsp3) is 0.400. The fourth-order valence-corrected chi connectivity index (χ4v) is 2.89. The summed E-state index contributed by atoms with van der Waals surface area (Å²) >= 11 is 3.66. The summed E-state index contributed by atoms with van der Waals surface area (Å²) in [5.41, 5.74) is 2.63. The molecule has 1 unspecified atom stereocenters. The minimum Gasteiger partial charge on any atom is -0.316 e. The van der Waals surface area contributed by atoms with Crippen LogP contribution < -0.4 is 5.32 Å². The van der Waals surface area contributed by atoms with E-state index in [0.717, 1.165) is 19.5 Å². The number of nitrogens with one attached hydrogen (secondary N) is 1. The molecule has 0 aliphatic rings. The molecule has 0 amide bonds. The van der Waals surface area contributed by atoms with Crippen LogP contribution in [0.2, 0.25) is 0 Å². The quantitative estimate of drug-likeness (QED) is 0.886. The Bertz CT molecular complexity index is 522. The van der Waals surface area contributed by atoms with Crippen LogP contribution in [-0.2, 0) is 13.5 Å². The number of hydrogen-bond acceptors (Lipinski definition) is 2. The van der Waals surface area contributed by atoms with Gasteiger partial charge in [0.25, 0.3) is 0 Å². The molecule has 0 spiro atoms. The maximum atomic E-state index is 4.25. The Morgan fingerprint density at radius 1 is 1.37 bits per heavy atom. The van der Waals surface area contributed by atoms with Gasteiger partial charge in [-0.2, -0.15) is 5.10 Å². The molecule has 1 aromatic carbocycles. The minimum atomic E-state index is 0.458. The first-order valence-electron chi connectivity index (χ1n) is 6.63. The smallest absolute Gasteiger partial charge is 0.0521 e. The number of nitrogens with zero attached hydrogens (tertiary/aromatic N) is 2. The predicted octanol–water partition coefficient (Wildman–Crippen LogP) is 3.12. The van der Waals surface area contributed by atoms with Gasteiger partial charge in [-0.25, -0.2) is 0 Å². The van der Waals surface area contributed by atoms with Crippen molar-refractivity contribution in [2.24, 2.45) is 7.05 Å². The molecule has 2 rings (SSSR count). The number of aryl methyl sites for hydroxylation is 1. The number of rotatable bonds is 6. The molecule has 3 nitrogen and oxygen atoms in total. The van der Waals surface area contributed by atoms with Crippen LogP contribution in [0, 0.1) is 0 Å². The summed E-state index contributed by atoms with van der Waals surface area (Å²) in [6, 6.07) is 8.46. The second-order valence-electron chi connectivity index (χ2n) is 4.75. The third-order valence-electron chi connectivity index (χ3n) is 3.23. The topological polar surface area (TPSA) is 29.9 Å². The first kappa shape index (κ1) is 14.3. The first-order valence-corrected chi connectivity index (χ1v) is 7.42. The highest BCUT2D eigenvalue weighted by Gasteiger charge is 2.15. The Labute approximate surface area is 123 Å². The number of benzene rings is 1. The van der Waals surface area contributed by atoms with E-state index in [0.29, 0.717) is 5.92 Å². The molecular formula is C15H20BrN3. The van der Waals surface area contributed by atoms with Gasteiger partial charge >= 0.3 is 0 Å². The van der Waals surface area contributed by atoms with Crippen molar-refractivity contribution in [1.29, 1.82) is 0 Å². The molecule has 0 bridgehead atoms. The highest BCUT2D eigenvalue weighted by molar-refractivity contribution is 9.10. The maximum Gasteiger partial charge on any atom is 0.0521 e. The van der Waals surface area contributed by atoms with Gasteiger partial charge in [0.2, 0.25) is 0 Å². The first-order chi connectivity index (χ1) is 9.20. The van der Waals surface area contributed by atoms with Gasteiger partial charge in [0.05, 0.1) is 6.20 Å². The van der Waals surface area contributed by atoms with E-state index in [1.165, 1.54) is 15.6 Å². The van der Waals surface area contributed by atoms with Crippen LogP contribution in [0.15, 0.2) is 41.1 Å². The monoisotopic (exact) mass is 321 g/mol. The van der Waals surface area contributed by atoms with Crippen molar-refractivity contribution in [2.45, 2.75) is 19.3 Å². The van der Waals surface area contributed by atoms with Crippen molar-refractivity contribution < 1.29 is 0 Å². The van der Waals surface area contributed by atoms with E-state index in [4.69, 9.17) is 0 Å². The molecule has 0 aliphatic carbocycles. The average Bonchev–Trinajstić information content (AvgIpc) is 2.81. The average molecular weight is 322 g/mol. The van der Waals surface area contributed by atoms with Gasteiger partial charge < -0.3 is 5.32 Å². The van der Waals surface area contributed by atoms with Crippen molar-refractivity contribution in [3.8, 4) is 0 Å². The zero-order valence-electron chi connectivity index (χ0n) is 11.4. The molecule has 1 aromatic heterocycles. The van der Waals surface area contributed by atoms with Crippen molar-refractivity contribution in [3.63, 3.8) is 0 Å². The SMILES string of the molecule is CCNCC(Cc1cnn(C)c1)c1ccccc1Br.